The molecular weight excluding hydrogens is 361 g/mol. The van der Waals surface area contributed by atoms with Gasteiger partial charge in [0.15, 0.2) is 0 Å². The third kappa shape index (κ3) is 5.18. The Labute approximate surface area is 163 Å². The number of hydrogen-bond donors (Lipinski definition) is 1. The summed E-state index contributed by atoms with van der Waals surface area (Å²) in [7, 11) is 1.46. The Morgan fingerprint density at radius 2 is 1.89 bits per heavy atom. The minimum atomic E-state index is -0.504. The van der Waals surface area contributed by atoms with Gasteiger partial charge in [-0.2, -0.15) is 5.10 Å². The summed E-state index contributed by atoms with van der Waals surface area (Å²) in [6.45, 7) is -0.180. The van der Waals surface area contributed by atoms with Crippen LogP contribution in [0.1, 0.15) is 44.9 Å². The van der Waals surface area contributed by atoms with E-state index in [1.807, 2.05) is 0 Å². The second kappa shape index (κ2) is 9.48. The number of amides is 1. The first kappa shape index (κ1) is 20.0. The van der Waals surface area contributed by atoms with E-state index in [2.05, 4.69) is 10.4 Å². The van der Waals surface area contributed by atoms with E-state index in [0.29, 0.717) is 11.4 Å². The molecule has 1 N–H and O–H groups in total. The van der Waals surface area contributed by atoms with Gasteiger partial charge >= 0.3 is 0 Å². The Morgan fingerprint density at radius 1 is 1.18 bits per heavy atom. The fourth-order valence-corrected chi connectivity index (χ4v) is 3.55. The first-order valence-electron chi connectivity index (χ1n) is 9.78. The summed E-state index contributed by atoms with van der Waals surface area (Å²) >= 11 is 0. The Morgan fingerprint density at radius 3 is 2.57 bits per heavy atom. The van der Waals surface area contributed by atoms with Gasteiger partial charge in [-0.15, -0.1) is 0 Å². The molecule has 150 valence electrons. The van der Waals surface area contributed by atoms with E-state index < -0.39 is 11.4 Å². The Hall–Kier alpha value is -2.70. The quantitative estimate of drug-likeness (QED) is 0.854. The van der Waals surface area contributed by atoms with Crippen LogP contribution in [-0.2, 0) is 11.3 Å². The molecule has 1 saturated carbocycles. The number of benzene rings is 1. The summed E-state index contributed by atoms with van der Waals surface area (Å²) in [5.74, 6) is -0.350. The number of aromatic nitrogens is 2. The van der Waals surface area contributed by atoms with E-state index in [1.54, 1.807) is 12.1 Å². The zero-order valence-electron chi connectivity index (χ0n) is 16.1. The zero-order valence-corrected chi connectivity index (χ0v) is 16.1. The summed E-state index contributed by atoms with van der Waals surface area (Å²) in [6, 6.07) is 7.32. The van der Waals surface area contributed by atoms with Crippen molar-refractivity contribution >= 4 is 5.91 Å². The average molecular weight is 387 g/mol. The molecule has 1 amide bonds. The normalized spacial score (nSPS) is 15.5. The van der Waals surface area contributed by atoms with E-state index in [4.69, 9.17) is 4.74 Å². The van der Waals surface area contributed by atoms with Crippen molar-refractivity contribution in [2.24, 2.45) is 0 Å². The second-order valence-electron chi connectivity index (χ2n) is 7.17. The zero-order chi connectivity index (χ0) is 19.9. The molecule has 1 aliphatic rings. The highest BCUT2D eigenvalue weighted by Crippen LogP contribution is 2.24. The molecule has 0 spiro atoms. The van der Waals surface area contributed by atoms with Crippen molar-refractivity contribution < 1.29 is 13.9 Å². The number of nitrogens with zero attached hydrogens (tertiary/aromatic N) is 2. The summed E-state index contributed by atoms with van der Waals surface area (Å²) in [6.07, 6.45) is 7.79. The highest BCUT2D eigenvalue weighted by molar-refractivity contribution is 5.76. The number of halogens is 1. The molecule has 1 heterocycles. The first-order valence-corrected chi connectivity index (χ1v) is 9.78. The minimum Gasteiger partial charge on any atom is -0.497 e. The number of ether oxygens (including phenoxy) is 1. The van der Waals surface area contributed by atoms with E-state index >= 15 is 0 Å². The monoisotopic (exact) mass is 387 g/mol. The van der Waals surface area contributed by atoms with Gasteiger partial charge in [0.2, 0.25) is 5.91 Å². The third-order valence-electron chi connectivity index (χ3n) is 5.08. The van der Waals surface area contributed by atoms with Gasteiger partial charge in [-0.05, 0) is 31.0 Å². The van der Waals surface area contributed by atoms with Crippen molar-refractivity contribution in [1.82, 2.24) is 15.1 Å². The fraction of sp³-hybridized carbons (Fsp3) is 0.476. The molecule has 6 nitrogen and oxygen atoms in total. The third-order valence-corrected chi connectivity index (χ3v) is 5.08. The van der Waals surface area contributed by atoms with Crippen LogP contribution in [0.2, 0.25) is 0 Å². The van der Waals surface area contributed by atoms with Gasteiger partial charge in [0, 0.05) is 23.7 Å². The van der Waals surface area contributed by atoms with Gasteiger partial charge in [0.1, 0.15) is 18.1 Å². The molecule has 1 aromatic carbocycles. The lowest BCUT2D eigenvalue weighted by molar-refractivity contribution is -0.122. The molecule has 28 heavy (non-hydrogen) atoms. The maximum absolute atomic E-state index is 14.3. The summed E-state index contributed by atoms with van der Waals surface area (Å²) in [5, 5.41) is 7.21. The summed E-state index contributed by atoms with van der Waals surface area (Å²) < 4.78 is 20.4. The number of methoxy groups -OCH3 is 1. The number of carbonyl (C=O) groups excluding carboxylic acids is 1. The Bertz CT molecular complexity index is 873. The van der Waals surface area contributed by atoms with Crippen molar-refractivity contribution in [2.45, 2.75) is 57.5 Å². The molecule has 0 bridgehead atoms. The van der Waals surface area contributed by atoms with Crippen LogP contribution in [0.25, 0.3) is 11.3 Å². The predicted molar refractivity (Wildman–Crippen MR) is 105 cm³/mol. The van der Waals surface area contributed by atoms with Crippen LogP contribution >= 0.6 is 0 Å². The molecule has 1 aliphatic carbocycles. The van der Waals surface area contributed by atoms with Crippen molar-refractivity contribution in [3.8, 4) is 17.0 Å². The molecule has 0 atom stereocenters. The molecule has 7 heteroatoms. The van der Waals surface area contributed by atoms with Crippen LogP contribution in [0, 0.1) is 5.82 Å². The van der Waals surface area contributed by atoms with Crippen LogP contribution in [0.5, 0.6) is 5.75 Å². The smallest absolute Gasteiger partial charge is 0.267 e. The maximum Gasteiger partial charge on any atom is 0.267 e. The van der Waals surface area contributed by atoms with Crippen LogP contribution in [0.4, 0.5) is 4.39 Å². The first-order chi connectivity index (χ1) is 13.6. The Kier molecular flexibility index (Phi) is 6.79. The van der Waals surface area contributed by atoms with Gasteiger partial charge in [-0.25, -0.2) is 9.07 Å². The van der Waals surface area contributed by atoms with Crippen molar-refractivity contribution in [2.75, 3.05) is 7.11 Å². The molecule has 2 aromatic rings. The van der Waals surface area contributed by atoms with E-state index in [1.165, 1.54) is 44.6 Å². The van der Waals surface area contributed by atoms with E-state index in [9.17, 15) is 14.0 Å². The van der Waals surface area contributed by atoms with Crippen LogP contribution < -0.4 is 15.6 Å². The summed E-state index contributed by atoms with van der Waals surface area (Å²) in [5.41, 5.74) is 0.138. The SMILES string of the molecule is COc1ccc(-c2ccc(=O)n(CC(=O)NC3CCCCCCC3)n2)c(F)c1. The van der Waals surface area contributed by atoms with Crippen molar-refractivity contribution in [3.05, 3.63) is 46.5 Å². The molecule has 0 saturated heterocycles. The molecule has 0 aliphatic heterocycles. The van der Waals surface area contributed by atoms with Gasteiger partial charge in [0.25, 0.3) is 5.56 Å². The van der Waals surface area contributed by atoms with Gasteiger partial charge in [-0.3, -0.25) is 9.59 Å². The maximum atomic E-state index is 14.3. The number of rotatable bonds is 5. The molecule has 1 aromatic heterocycles. The fourth-order valence-electron chi connectivity index (χ4n) is 3.55. The largest absolute Gasteiger partial charge is 0.497 e. The lowest BCUT2D eigenvalue weighted by atomic mass is 9.97. The van der Waals surface area contributed by atoms with Crippen LogP contribution in [-0.4, -0.2) is 28.8 Å². The number of hydrogen-bond acceptors (Lipinski definition) is 4. The van der Waals surface area contributed by atoms with Crippen LogP contribution in [0.15, 0.2) is 35.1 Å². The number of carbonyl (C=O) groups is 1. The highest BCUT2D eigenvalue weighted by Gasteiger charge is 2.16. The topological polar surface area (TPSA) is 73.2 Å². The van der Waals surface area contributed by atoms with Gasteiger partial charge in [-0.1, -0.05) is 32.1 Å². The lowest BCUT2D eigenvalue weighted by Crippen LogP contribution is -2.39. The lowest BCUT2D eigenvalue weighted by Gasteiger charge is -2.21. The standard InChI is InChI=1S/C21H26FN3O3/c1-28-16-9-10-17(18(22)13-16)19-11-12-21(27)25(24-19)14-20(26)23-15-7-5-3-2-4-6-8-15/h9-13,15H,2-8,14H2,1H3,(H,23,26). The number of nitrogens with one attached hydrogen (secondary N) is 1. The van der Waals surface area contributed by atoms with Crippen molar-refractivity contribution in [3.63, 3.8) is 0 Å². The average Bonchev–Trinajstić information content (AvgIpc) is 2.65. The summed E-state index contributed by atoms with van der Waals surface area (Å²) in [4.78, 5) is 24.6. The molecule has 3 rings (SSSR count). The van der Waals surface area contributed by atoms with E-state index in [-0.39, 0.29) is 24.1 Å². The molecular formula is C21H26FN3O3. The Balaban J connectivity index is 1.72. The van der Waals surface area contributed by atoms with Gasteiger partial charge < -0.3 is 10.1 Å². The molecule has 0 unspecified atom stereocenters. The minimum absolute atomic E-state index is 0.144. The van der Waals surface area contributed by atoms with Crippen molar-refractivity contribution in [1.29, 1.82) is 0 Å². The molecule has 0 radical (unpaired) electrons. The highest BCUT2D eigenvalue weighted by atomic mass is 19.1. The molecule has 1 fully saturated rings. The second-order valence-corrected chi connectivity index (χ2v) is 7.17. The predicted octanol–water partition coefficient (Wildman–Crippen LogP) is 3.29. The van der Waals surface area contributed by atoms with E-state index in [0.717, 1.165) is 30.4 Å². The van der Waals surface area contributed by atoms with Crippen LogP contribution in [0.3, 0.4) is 0 Å². The van der Waals surface area contributed by atoms with Gasteiger partial charge in [0.05, 0.1) is 12.8 Å².